The van der Waals surface area contributed by atoms with Crippen molar-refractivity contribution >= 4 is 28.3 Å². The van der Waals surface area contributed by atoms with Gasteiger partial charge in [0.15, 0.2) is 5.78 Å². The number of H-pyrrole nitrogens is 1. The van der Waals surface area contributed by atoms with Crippen LogP contribution >= 0.6 is 11.6 Å². The molecule has 112 valence electrons. The molecule has 1 aromatic carbocycles. The highest BCUT2D eigenvalue weighted by Crippen LogP contribution is 2.46. The van der Waals surface area contributed by atoms with Gasteiger partial charge in [0.2, 0.25) is 0 Å². The van der Waals surface area contributed by atoms with Crippen LogP contribution in [0.5, 0.6) is 0 Å². The molecule has 0 unspecified atom stereocenters. The number of halogens is 1. The first kappa shape index (κ1) is 14.6. The van der Waals surface area contributed by atoms with E-state index in [1.54, 1.807) is 0 Å². The average molecular weight is 304 g/mol. The molecule has 0 saturated heterocycles. The van der Waals surface area contributed by atoms with Crippen molar-refractivity contribution in [2.45, 2.75) is 46.0 Å². The Hall–Kier alpha value is -1.28. The van der Waals surface area contributed by atoms with Gasteiger partial charge in [-0.15, -0.1) is 0 Å². The molecule has 2 nitrogen and oxygen atoms in total. The molecular formula is C18H22ClNO. The van der Waals surface area contributed by atoms with Gasteiger partial charge in [0.1, 0.15) is 0 Å². The van der Waals surface area contributed by atoms with Gasteiger partial charge in [0.05, 0.1) is 5.02 Å². The molecule has 0 amide bonds. The fraction of sp³-hybridized carbons (Fsp3) is 0.500. The van der Waals surface area contributed by atoms with E-state index in [4.69, 9.17) is 11.6 Å². The van der Waals surface area contributed by atoms with Gasteiger partial charge in [0.25, 0.3) is 0 Å². The quantitative estimate of drug-likeness (QED) is 0.732. The summed E-state index contributed by atoms with van der Waals surface area (Å²) in [5.41, 5.74) is 1.55. The third-order valence-corrected chi connectivity index (χ3v) is 5.06. The second-order valence-electron chi connectivity index (χ2n) is 6.78. The van der Waals surface area contributed by atoms with Gasteiger partial charge in [-0.3, -0.25) is 4.79 Å². The summed E-state index contributed by atoms with van der Waals surface area (Å²) in [7, 11) is 0. The highest BCUT2D eigenvalue weighted by atomic mass is 35.5. The fourth-order valence-electron chi connectivity index (χ4n) is 3.96. The third-order valence-electron chi connectivity index (χ3n) is 4.74. The molecular weight excluding hydrogens is 282 g/mol. The van der Waals surface area contributed by atoms with Crippen LogP contribution in [0.1, 0.15) is 56.3 Å². The van der Waals surface area contributed by atoms with E-state index in [-0.39, 0.29) is 11.2 Å². The van der Waals surface area contributed by atoms with Crippen LogP contribution in [0.15, 0.2) is 24.4 Å². The Bertz CT molecular complexity index is 665. The van der Waals surface area contributed by atoms with Crippen LogP contribution in [0.4, 0.5) is 0 Å². The fourth-order valence-corrected chi connectivity index (χ4v) is 4.24. The Morgan fingerprint density at radius 1 is 1.33 bits per heavy atom. The largest absolute Gasteiger partial charge is 0.360 e. The normalized spacial score (nSPS) is 17.7. The Morgan fingerprint density at radius 3 is 2.71 bits per heavy atom. The number of fused-ring (bicyclic) bond motifs is 1. The van der Waals surface area contributed by atoms with E-state index >= 15 is 0 Å². The maximum absolute atomic E-state index is 13.3. The van der Waals surface area contributed by atoms with Crippen molar-refractivity contribution in [3.8, 4) is 0 Å². The van der Waals surface area contributed by atoms with Crippen LogP contribution in [0.2, 0.25) is 5.02 Å². The van der Waals surface area contributed by atoms with Crippen LogP contribution in [0.3, 0.4) is 0 Å². The minimum atomic E-state index is -0.178. The Kier molecular flexibility index (Phi) is 3.83. The molecule has 0 spiro atoms. The van der Waals surface area contributed by atoms with Gasteiger partial charge >= 0.3 is 0 Å². The first-order valence-corrected chi connectivity index (χ1v) is 8.22. The standard InChI is InChI=1S/C18H22ClNO/c1-12(2)10-18(8-3-4-9-18)17(21)13-11-20-15-7-5-6-14(19)16(13)15/h5-7,11-12,20H,3-4,8-10H2,1-2H3. The lowest BCUT2D eigenvalue weighted by molar-refractivity contribution is 0.0762. The highest BCUT2D eigenvalue weighted by molar-refractivity contribution is 6.37. The lowest BCUT2D eigenvalue weighted by Crippen LogP contribution is -2.29. The second-order valence-corrected chi connectivity index (χ2v) is 7.19. The number of benzene rings is 1. The topological polar surface area (TPSA) is 32.9 Å². The summed E-state index contributed by atoms with van der Waals surface area (Å²) < 4.78 is 0. The van der Waals surface area contributed by atoms with Gasteiger partial charge in [-0.1, -0.05) is 44.4 Å². The maximum Gasteiger partial charge on any atom is 0.171 e. The van der Waals surface area contributed by atoms with Crippen LogP contribution in [0.25, 0.3) is 10.9 Å². The Morgan fingerprint density at radius 2 is 2.05 bits per heavy atom. The van der Waals surface area contributed by atoms with E-state index in [2.05, 4.69) is 18.8 Å². The number of hydrogen-bond acceptors (Lipinski definition) is 1. The van der Waals surface area contributed by atoms with Gasteiger partial charge < -0.3 is 4.98 Å². The van der Waals surface area contributed by atoms with Crippen molar-refractivity contribution in [1.82, 2.24) is 4.98 Å². The first-order valence-electron chi connectivity index (χ1n) is 7.84. The zero-order valence-corrected chi connectivity index (χ0v) is 13.5. The van der Waals surface area contributed by atoms with E-state index < -0.39 is 0 Å². The van der Waals surface area contributed by atoms with E-state index in [0.717, 1.165) is 48.6 Å². The molecule has 1 fully saturated rings. The minimum Gasteiger partial charge on any atom is -0.360 e. The molecule has 0 radical (unpaired) electrons. The number of carbonyl (C=O) groups is 1. The average Bonchev–Trinajstić information content (AvgIpc) is 3.05. The summed E-state index contributed by atoms with van der Waals surface area (Å²) in [6, 6.07) is 5.74. The van der Waals surface area contributed by atoms with Crippen LogP contribution in [0, 0.1) is 11.3 Å². The van der Waals surface area contributed by atoms with Gasteiger partial charge in [0, 0.05) is 28.1 Å². The van der Waals surface area contributed by atoms with Gasteiger partial charge in [-0.25, -0.2) is 0 Å². The zero-order valence-electron chi connectivity index (χ0n) is 12.7. The number of nitrogens with one attached hydrogen (secondary N) is 1. The predicted molar refractivity (Wildman–Crippen MR) is 88.0 cm³/mol. The number of ketones is 1. The van der Waals surface area contributed by atoms with Crippen molar-refractivity contribution in [3.05, 3.63) is 35.0 Å². The smallest absolute Gasteiger partial charge is 0.171 e. The molecule has 1 saturated carbocycles. The zero-order chi connectivity index (χ0) is 15.0. The predicted octanol–water partition coefficient (Wildman–Crippen LogP) is 5.61. The van der Waals surface area contributed by atoms with Crippen LogP contribution < -0.4 is 0 Å². The van der Waals surface area contributed by atoms with Crippen LogP contribution in [-0.4, -0.2) is 10.8 Å². The molecule has 21 heavy (non-hydrogen) atoms. The SMILES string of the molecule is CC(C)CC1(C(=O)c2c[nH]c3cccc(Cl)c23)CCCC1. The van der Waals surface area contributed by atoms with Crippen molar-refractivity contribution in [2.75, 3.05) is 0 Å². The molecule has 1 N–H and O–H groups in total. The second kappa shape index (κ2) is 5.49. The number of rotatable bonds is 4. The molecule has 0 bridgehead atoms. The van der Waals surface area contributed by atoms with Crippen molar-refractivity contribution in [1.29, 1.82) is 0 Å². The Balaban J connectivity index is 2.06. The van der Waals surface area contributed by atoms with Crippen molar-refractivity contribution in [2.24, 2.45) is 11.3 Å². The maximum atomic E-state index is 13.3. The summed E-state index contributed by atoms with van der Waals surface area (Å²) in [4.78, 5) is 16.5. The molecule has 0 atom stereocenters. The third kappa shape index (κ3) is 2.50. The van der Waals surface area contributed by atoms with Crippen molar-refractivity contribution in [3.63, 3.8) is 0 Å². The Labute approximate surface area is 130 Å². The van der Waals surface area contributed by atoms with E-state index in [0.29, 0.717) is 10.9 Å². The monoisotopic (exact) mass is 303 g/mol. The first-order chi connectivity index (χ1) is 10.0. The summed E-state index contributed by atoms with van der Waals surface area (Å²) in [6.07, 6.45) is 7.17. The molecule has 1 aromatic heterocycles. The number of aromatic nitrogens is 1. The number of carbonyl (C=O) groups excluding carboxylic acids is 1. The molecule has 3 heteroatoms. The molecule has 2 aromatic rings. The molecule has 1 heterocycles. The van der Waals surface area contributed by atoms with Gasteiger partial charge in [-0.2, -0.15) is 0 Å². The van der Waals surface area contributed by atoms with Gasteiger partial charge in [-0.05, 0) is 37.3 Å². The lowest BCUT2D eigenvalue weighted by Gasteiger charge is -2.29. The van der Waals surface area contributed by atoms with Crippen molar-refractivity contribution < 1.29 is 4.79 Å². The molecule has 3 rings (SSSR count). The highest BCUT2D eigenvalue weighted by Gasteiger charge is 2.42. The summed E-state index contributed by atoms with van der Waals surface area (Å²) >= 11 is 6.33. The molecule has 0 aliphatic heterocycles. The van der Waals surface area contributed by atoms with E-state index in [1.165, 1.54) is 0 Å². The molecule has 1 aliphatic rings. The lowest BCUT2D eigenvalue weighted by atomic mass is 9.73. The number of Topliss-reactive ketones (excluding diaryl/α,β-unsaturated/α-hetero) is 1. The number of hydrogen-bond donors (Lipinski definition) is 1. The summed E-state index contributed by atoms with van der Waals surface area (Å²) in [5.74, 6) is 0.820. The van der Waals surface area contributed by atoms with E-state index in [9.17, 15) is 4.79 Å². The van der Waals surface area contributed by atoms with Crippen LogP contribution in [-0.2, 0) is 0 Å². The summed E-state index contributed by atoms with van der Waals surface area (Å²) in [6.45, 7) is 4.41. The number of aromatic amines is 1. The molecule has 1 aliphatic carbocycles. The minimum absolute atomic E-state index is 0.178. The van der Waals surface area contributed by atoms with E-state index in [1.807, 2.05) is 24.4 Å². The summed E-state index contributed by atoms with van der Waals surface area (Å²) in [5, 5.41) is 1.55.